The van der Waals surface area contributed by atoms with Crippen LogP contribution in [-0.4, -0.2) is 24.2 Å². The summed E-state index contributed by atoms with van der Waals surface area (Å²) in [5, 5.41) is 2.66. The van der Waals surface area contributed by atoms with E-state index in [0.717, 1.165) is 24.3 Å². The monoisotopic (exact) mass is 509 g/mol. The van der Waals surface area contributed by atoms with Crippen molar-refractivity contribution in [2.45, 2.75) is 37.8 Å². The fourth-order valence-electron chi connectivity index (χ4n) is 3.77. The predicted octanol–water partition coefficient (Wildman–Crippen LogP) is 5.78. The fourth-order valence-corrected chi connectivity index (χ4v) is 3.77. The second-order valence-corrected chi connectivity index (χ2v) is 8.14. The molecular formula is C26H21F6NO3. The molecule has 0 fully saturated rings. The maximum absolute atomic E-state index is 14.7. The molecule has 190 valence electrons. The van der Waals surface area contributed by atoms with Crippen molar-refractivity contribution in [1.82, 2.24) is 5.32 Å². The van der Waals surface area contributed by atoms with Crippen LogP contribution in [0.25, 0.3) is 0 Å². The molecule has 0 aliphatic rings. The van der Waals surface area contributed by atoms with Crippen LogP contribution >= 0.6 is 0 Å². The summed E-state index contributed by atoms with van der Waals surface area (Å²) >= 11 is 0. The summed E-state index contributed by atoms with van der Waals surface area (Å²) in [6, 6.07) is 15.5. The van der Waals surface area contributed by atoms with Crippen LogP contribution in [0.15, 0.2) is 72.8 Å². The number of hydrogen-bond donors (Lipinski definition) is 1. The highest BCUT2D eigenvalue weighted by atomic mass is 19.3. The van der Waals surface area contributed by atoms with Crippen LogP contribution in [0, 0.1) is 11.6 Å². The molecule has 0 spiro atoms. The average molecular weight is 509 g/mol. The van der Waals surface area contributed by atoms with E-state index in [4.69, 9.17) is 0 Å². The number of benzene rings is 3. The molecule has 4 nitrogen and oxygen atoms in total. The van der Waals surface area contributed by atoms with Crippen molar-refractivity contribution in [3.8, 4) is 5.75 Å². The van der Waals surface area contributed by atoms with Crippen LogP contribution in [0.5, 0.6) is 5.75 Å². The van der Waals surface area contributed by atoms with Crippen molar-refractivity contribution in [3.63, 3.8) is 0 Å². The maximum atomic E-state index is 14.7. The number of alkyl halides is 4. The molecule has 1 unspecified atom stereocenters. The van der Waals surface area contributed by atoms with Gasteiger partial charge in [-0.25, -0.2) is 8.78 Å². The van der Waals surface area contributed by atoms with Gasteiger partial charge in [0.2, 0.25) is 5.91 Å². The SMILES string of the molecule is CC(=O)CC(=O)NC(Cc1ccccc1)(c1ccc(F)cc1)c1cc(F)cc(OC(F)(F)C(F)F)c1. The van der Waals surface area contributed by atoms with Crippen molar-refractivity contribution in [2.75, 3.05) is 0 Å². The molecule has 0 radical (unpaired) electrons. The van der Waals surface area contributed by atoms with E-state index < -0.39 is 53.6 Å². The molecule has 1 N–H and O–H groups in total. The Kier molecular flexibility index (Phi) is 8.07. The Balaban J connectivity index is 2.25. The molecule has 0 bridgehead atoms. The largest absolute Gasteiger partial charge is 0.461 e. The van der Waals surface area contributed by atoms with Gasteiger partial charge in [-0.3, -0.25) is 9.59 Å². The smallest absolute Gasteiger partial charge is 0.428 e. The number of Topliss-reactive ketones (excluding diaryl/α,β-unsaturated/α-hetero) is 1. The van der Waals surface area contributed by atoms with E-state index in [1.54, 1.807) is 30.3 Å². The van der Waals surface area contributed by atoms with E-state index in [9.17, 15) is 35.9 Å². The van der Waals surface area contributed by atoms with Gasteiger partial charge < -0.3 is 10.1 Å². The van der Waals surface area contributed by atoms with Gasteiger partial charge in [-0.2, -0.15) is 17.6 Å². The molecule has 0 aliphatic heterocycles. The van der Waals surface area contributed by atoms with Crippen molar-refractivity contribution in [3.05, 3.63) is 101 Å². The normalized spacial score (nSPS) is 13.2. The van der Waals surface area contributed by atoms with Gasteiger partial charge in [-0.1, -0.05) is 42.5 Å². The summed E-state index contributed by atoms with van der Waals surface area (Å²) in [4.78, 5) is 24.4. The highest BCUT2D eigenvalue weighted by Gasteiger charge is 2.45. The van der Waals surface area contributed by atoms with Gasteiger partial charge in [-0.05, 0) is 47.9 Å². The highest BCUT2D eigenvalue weighted by molar-refractivity contribution is 5.97. The van der Waals surface area contributed by atoms with Crippen LogP contribution in [0.2, 0.25) is 0 Å². The number of hydrogen-bond acceptors (Lipinski definition) is 3. The number of ether oxygens (including phenoxy) is 1. The first kappa shape index (κ1) is 26.8. The summed E-state index contributed by atoms with van der Waals surface area (Å²) in [6.07, 6.45) is -9.76. The first-order valence-electron chi connectivity index (χ1n) is 10.7. The van der Waals surface area contributed by atoms with Crippen LogP contribution in [0.4, 0.5) is 26.3 Å². The quantitative estimate of drug-likeness (QED) is 0.278. The summed E-state index contributed by atoms with van der Waals surface area (Å²) in [5.41, 5.74) is -1.09. The Labute approximate surface area is 202 Å². The van der Waals surface area contributed by atoms with E-state index in [1.165, 1.54) is 19.1 Å². The number of ketones is 1. The first-order chi connectivity index (χ1) is 16.9. The van der Waals surface area contributed by atoms with Gasteiger partial charge in [0.25, 0.3) is 0 Å². The van der Waals surface area contributed by atoms with E-state index in [-0.39, 0.29) is 17.5 Å². The van der Waals surface area contributed by atoms with Gasteiger partial charge in [0.05, 0.1) is 12.0 Å². The lowest BCUT2D eigenvalue weighted by atomic mass is 9.77. The zero-order chi connectivity index (χ0) is 26.5. The number of nitrogens with one attached hydrogen (secondary N) is 1. The molecule has 3 rings (SSSR count). The van der Waals surface area contributed by atoms with E-state index in [2.05, 4.69) is 10.1 Å². The molecule has 0 aliphatic carbocycles. The van der Waals surface area contributed by atoms with Crippen LogP contribution in [-0.2, 0) is 21.5 Å². The Morgan fingerprint density at radius 2 is 1.53 bits per heavy atom. The fraction of sp³-hybridized carbons (Fsp3) is 0.231. The Morgan fingerprint density at radius 3 is 2.11 bits per heavy atom. The minimum Gasteiger partial charge on any atom is -0.428 e. The molecule has 10 heteroatoms. The lowest BCUT2D eigenvalue weighted by molar-refractivity contribution is -0.253. The zero-order valence-corrected chi connectivity index (χ0v) is 18.9. The van der Waals surface area contributed by atoms with E-state index in [0.29, 0.717) is 11.6 Å². The van der Waals surface area contributed by atoms with Crippen LogP contribution in [0.3, 0.4) is 0 Å². The standard InChI is InChI=1S/C26H21F6NO3/c1-16(34)11-23(35)33-25(15-17-5-3-2-4-6-17,18-7-9-20(27)10-8-18)19-12-21(28)14-22(13-19)36-26(31,32)24(29)30/h2-10,12-14,24H,11,15H2,1H3,(H,33,35). The molecule has 1 amide bonds. The molecule has 3 aromatic carbocycles. The molecule has 1 atom stereocenters. The third-order valence-corrected chi connectivity index (χ3v) is 5.28. The maximum Gasteiger partial charge on any atom is 0.461 e. The van der Waals surface area contributed by atoms with Gasteiger partial charge in [0, 0.05) is 12.5 Å². The predicted molar refractivity (Wildman–Crippen MR) is 119 cm³/mol. The van der Waals surface area contributed by atoms with Crippen molar-refractivity contribution in [1.29, 1.82) is 0 Å². The minimum absolute atomic E-state index is 0.0999. The Hall–Kier alpha value is -3.82. The summed E-state index contributed by atoms with van der Waals surface area (Å²) in [6.45, 7) is 1.18. The molecule has 3 aromatic rings. The molecular weight excluding hydrogens is 488 g/mol. The molecule has 0 saturated heterocycles. The second kappa shape index (κ2) is 10.8. The third kappa shape index (κ3) is 6.44. The Morgan fingerprint density at radius 1 is 0.889 bits per heavy atom. The summed E-state index contributed by atoms with van der Waals surface area (Å²) in [5.74, 6) is -3.93. The lowest BCUT2D eigenvalue weighted by Gasteiger charge is -2.37. The van der Waals surface area contributed by atoms with Gasteiger partial charge >= 0.3 is 12.5 Å². The third-order valence-electron chi connectivity index (χ3n) is 5.28. The number of carbonyl (C=O) groups is 2. The van der Waals surface area contributed by atoms with Gasteiger partial charge in [-0.15, -0.1) is 0 Å². The van der Waals surface area contributed by atoms with Crippen molar-refractivity contribution < 1.29 is 40.7 Å². The van der Waals surface area contributed by atoms with Crippen molar-refractivity contribution >= 4 is 11.7 Å². The molecule has 0 heterocycles. The molecule has 0 aromatic heterocycles. The van der Waals surface area contributed by atoms with Crippen LogP contribution < -0.4 is 10.1 Å². The van der Waals surface area contributed by atoms with E-state index in [1.807, 2.05) is 0 Å². The first-order valence-corrected chi connectivity index (χ1v) is 10.7. The number of amides is 1. The van der Waals surface area contributed by atoms with Crippen LogP contribution in [0.1, 0.15) is 30.0 Å². The zero-order valence-electron chi connectivity index (χ0n) is 18.9. The molecule has 36 heavy (non-hydrogen) atoms. The Bertz CT molecular complexity index is 1220. The minimum atomic E-state index is -4.92. The number of rotatable bonds is 10. The highest BCUT2D eigenvalue weighted by Crippen LogP contribution is 2.38. The molecule has 0 saturated carbocycles. The van der Waals surface area contributed by atoms with E-state index >= 15 is 0 Å². The average Bonchev–Trinajstić information content (AvgIpc) is 2.78. The topological polar surface area (TPSA) is 55.4 Å². The summed E-state index contributed by atoms with van der Waals surface area (Å²) in [7, 11) is 0. The lowest BCUT2D eigenvalue weighted by Crippen LogP contribution is -2.49. The van der Waals surface area contributed by atoms with Gasteiger partial charge in [0.15, 0.2) is 0 Å². The second-order valence-electron chi connectivity index (χ2n) is 8.14. The number of halogens is 6. The number of carbonyl (C=O) groups excluding carboxylic acids is 2. The van der Waals surface area contributed by atoms with Crippen molar-refractivity contribution in [2.24, 2.45) is 0 Å². The van der Waals surface area contributed by atoms with Gasteiger partial charge in [0.1, 0.15) is 23.2 Å². The summed E-state index contributed by atoms with van der Waals surface area (Å²) < 4.78 is 85.2.